The summed E-state index contributed by atoms with van der Waals surface area (Å²) in [6.07, 6.45) is 9.08. The topological polar surface area (TPSA) is 51.2 Å². The van der Waals surface area contributed by atoms with Crippen molar-refractivity contribution in [2.75, 3.05) is 13.7 Å². The summed E-state index contributed by atoms with van der Waals surface area (Å²) in [6, 6.07) is 5.49. The smallest absolute Gasteiger partial charge is 0.322 e. The van der Waals surface area contributed by atoms with E-state index in [-0.39, 0.29) is 5.97 Å². The van der Waals surface area contributed by atoms with Gasteiger partial charge in [-0.05, 0) is 36.8 Å². The Bertz CT molecular complexity index is 527. The summed E-state index contributed by atoms with van der Waals surface area (Å²) in [6.45, 7) is 2.74. The maximum atomic E-state index is 12.6. The van der Waals surface area contributed by atoms with Crippen LogP contribution in [0.3, 0.4) is 0 Å². The molecule has 24 heavy (non-hydrogen) atoms. The first-order valence-corrected chi connectivity index (χ1v) is 9.35. The molecule has 1 aliphatic rings. The fraction of sp³-hybridized carbons (Fsp3) is 0.632. The maximum absolute atomic E-state index is 12.6. The van der Waals surface area contributed by atoms with Gasteiger partial charge in [-0.25, -0.2) is 0 Å². The lowest BCUT2D eigenvalue weighted by molar-refractivity contribution is -0.145. The summed E-state index contributed by atoms with van der Waals surface area (Å²) in [5.41, 5.74) is 0.633. The second kappa shape index (κ2) is 9.72. The molecule has 0 amide bonds. The van der Waals surface area contributed by atoms with Crippen molar-refractivity contribution in [1.82, 2.24) is 10.3 Å². The van der Waals surface area contributed by atoms with Crippen molar-refractivity contribution in [2.24, 2.45) is 11.8 Å². The van der Waals surface area contributed by atoms with E-state index in [1.54, 1.807) is 13.2 Å². The van der Waals surface area contributed by atoms with Crippen LogP contribution in [0, 0.1) is 11.8 Å². The minimum absolute atomic E-state index is 0.302. The number of hydrogen-bond acceptors (Lipinski definition) is 4. The fourth-order valence-corrected chi connectivity index (χ4v) is 3.65. The van der Waals surface area contributed by atoms with Crippen molar-refractivity contribution in [1.29, 1.82) is 0 Å². The van der Waals surface area contributed by atoms with Gasteiger partial charge in [0.05, 0.1) is 17.3 Å². The van der Waals surface area contributed by atoms with Crippen LogP contribution in [0.5, 0.6) is 0 Å². The predicted octanol–water partition coefficient (Wildman–Crippen LogP) is 3.86. The van der Waals surface area contributed by atoms with Gasteiger partial charge in [-0.3, -0.25) is 9.78 Å². The number of nitrogens with zero attached hydrogens (tertiary/aromatic N) is 1. The Kier molecular flexibility index (Phi) is 7.63. The molecule has 1 aromatic heterocycles. The first kappa shape index (κ1) is 18.8. The van der Waals surface area contributed by atoms with E-state index in [1.165, 1.54) is 25.7 Å². The lowest BCUT2D eigenvalue weighted by atomic mass is 9.80. The van der Waals surface area contributed by atoms with Gasteiger partial charge in [-0.15, -0.1) is 0 Å². The molecule has 1 fully saturated rings. The molecule has 5 heteroatoms. The summed E-state index contributed by atoms with van der Waals surface area (Å²) in [5.74, 6) is 0.418. The number of esters is 1. The third-order valence-electron chi connectivity index (χ3n) is 4.85. The average molecular weight is 349 g/mol. The van der Waals surface area contributed by atoms with Gasteiger partial charge < -0.3 is 10.1 Å². The van der Waals surface area contributed by atoms with E-state index in [0.29, 0.717) is 23.2 Å². The highest BCUT2D eigenvalue weighted by Gasteiger charge is 2.29. The number of thiocarbonyl (C=S) groups is 1. The van der Waals surface area contributed by atoms with Gasteiger partial charge in [0.25, 0.3) is 0 Å². The molecule has 1 unspecified atom stereocenters. The molecule has 4 nitrogen and oxygen atoms in total. The lowest BCUT2D eigenvalue weighted by Gasteiger charge is -2.28. The molecular formula is C19H28N2O2S. The number of nitrogens with one attached hydrogen (secondary N) is 1. The van der Waals surface area contributed by atoms with E-state index in [9.17, 15) is 4.79 Å². The molecule has 0 aliphatic heterocycles. The SMILES string of the molecule is CCC[C@H]1CC[C@H](COC(=O)C(C(=S)NC)c2ccccn2)CC1. The Labute approximate surface area is 150 Å². The zero-order valence-electron chi connectivity index (χ0n) is 14.7. The van der Waals surface area contributed by atoms with Crippen LogP contribution in [0.15, 0.2) is 24.4 Å². The van der Waals surface area contributed by atoms with Gasteiger partial charge in [0.1, 0.15) is 5.92 Å². The summed E-state index contributed by atoms with van der Waals surface area (Å²) in [7, 11) is 1.72. The van der Waals surface area contributed by atoms with Gasteiger partial charge in [-0.2, -0.15) is 0 Å². The Morgan fingerprint density at radius 2 is 2.04 bits per heavy atom. The van der Waals surface area contributed by atoms with Crippen molar-refractivity contribution >= 4 is 23.2 Å². The van der Waals surface area contributed by atoms with Crippen molar-refractivity contribution in [3.05, 3.63) is 30.1 Å². The van der Waals surface area contributed by atoms with Crippen molar-refractivity contribution in [2.45, 2.75) is 51.4 Å². The van der Waals surface area contributed by atoms with Crippen molar-refractivity contribution in [3.63, 3.8) is 0 Å². The third-order valence-corrected chi connectivity index (χ3v) is 5.29. The molecule has 1 saturated carbocycles. The van der Waals surface area contributed by atoms with Crippen LogP contribution in [0.4, 0.5) is 0 Å². The minimum atomic E-state index is -0.623. The normalized spacial score (nSPS) is 21.8. The van der Waals surface area contributed by atoms with E-state index in [1.807, 2.05) is 18.2 Å². The zero-order chi connectivity index (χ0) is 17.4. The minimum Gasteiger partial charge on any atom is -0.465 e. The first-order chi connectivity index (χ1) is 11.7. The number of carbonyl (C=O) groups excluding carboxylic acids is 1. The highest BCUT2D eigenvalue weighted by atomic mass is 32.1. The second-order valence-electron chi connectivity index (χ2n) is 6.61. The molecular weight excluding hydrogens is 320 g/mol. The third kappa shape index (κ3) is 5.26. The molecule has 0 bridgehead atoms. The largest absolute Gasteiger partial charge is 0.465 e. The quantitative estimate of drug-likeness (QED) is 0.599. The molecule has 1 heterocycles. The number of pyridine rings is 1. The molecule has 1 aliphatic carbocycles. The number of aromatic nitrogens is 1. The van der Waals surface area contributed by atoms with Gasteiger partial charge >= 0.3 is 5.97 Å². The van der Waals surface area contributed by atoms with E-state index >= 15 is 0 Å². The zero-order valence-corrected chi connectivity index (χ0v) is 15.5. The molecule has 132 valence electrons. The lowest BCUT2D eigenvalue weighted by Crippen LogP contribution is -2.32. The van der Waals surface area contributed by atoms with E-state index in [0.717, 1.165) is 18.8 Å². The summed E-state index contributed by atoms with van der Waals surface area (Å²) in [4.78, 5) is 17.3. The van der Waals surface area contributed by atoms with Crippen LogP contribution in [-0.2, 0) is 9.53 Å². The van der Waals surface area contributed by atoms with E-state index in [2.05, 4.69) is 17.2 Å². The van der Waals surface area contributed by atoms with E-state index < -0.39 is 5.92 Å². The summed E-state index contributed by atoms with van der Waals surface area (Å²) in [5, 5.41) is 2.89. The molecule has 1 N–H and O–H groups in total. The standard InChI is InChI=1S/C19H28N2O2S/c1-3-6-14-8-10-15(11-9-14)13-23-19(22)17(18(24)20-2)16-7-4-5-12-21-16/h4-5,7,12,14-15,17H,3,6,8-11,13H2,1-2H3,(H,20,24)/t14-,15-,17?. The van der Waals surface area contributed by atoms with Crippen LogP contribution in [0.2, 0.25) is 0 Å². The van der Waals surface area contributed by atoms with Gasteiger partial charge in [0.2, 0.25) is 0 Å². The Hall–Kier alpha value is -1.49. The molecule has 0 aromatic carbocycles. The van der Waals surface area contributed by atoms with Crippen LogP contribution in [-0.4, -0.2) is 29.6 Å². The Morgan fingerprint density at radius 1 is 1.33 bits per heavy atom. The van der Waals surface area contributed by atoms with Crippen LogP contribution < -0.4 is 5.32 Å². The Balaban J connectivity index is 1.89. The number of likely N-dealkylation sites (N-methyl/N-ethyl adjacent to an activating group) is 1. The van der Waals surface area contributed by atoms with Crippen LogP contribution in [0.25, 0.3) is 0 Å². The first-order valence-electron chi connectivity index (χ1n) is 8.94. The molecule has 0 spiro atoms. The predicted molar refractivity (Wildman–Crippen MR) is 100.0 cm³/mol. The highest BCUT2D eigenvalue weighted by Crippen LogP contribution is 2.32. The average Bonchev–Trinajstić information content (AvgIpc) is 2.62. The van der Waals surface area contributed by atoms with E-state index in [4.69, 9.17) is 17.0 Å². The summed E-state index contributed by atoms with van der Waals surface area (Å²) < 4.78 is 5.61. The van der Waals surface area contributed by atoms with Crippen LogP contribution in [0.1, 0.15) is 57.1 Å². The van der Waals surface area contributed by atoms with Gasteiger partial charge in [0, 0.05) is 13.2 Å². The number of ether oxygens (including phenoxy) is 1. The number of hydrogen-bond donors (Lipinski definition) is 1. The molecule has 1 atom stereocenters. The van der Waals surface area contributed by atoms with Crippen molar-refractivity contribution in [3.8, 4) is 0 Å². The van der Waals surface area contributed by atoms with Crippen molar-refractivity contribution < 1.29 is 9.53 Å². The number of carbonyl (C=O) groups is 1. The van der Waals surface area contributed by atoms with Gasteiger partial charge in [-0.1, -0.05) is 50.9 Å². The maximum Gasteiger partial charge on any atom is 0.322 e. The molecule has 1 aromatic rings. The van der Waals surface area contributed by atoms with Gasteiger partial charge in [0.15, 0.2) is 0 Å². The number of rotatable bonds is 7. The van der Waals surface area contributed by atoms with Crippen LogP contribution >= 0.6 is 12.2 Å². The second-order valence-corrected chi connectivity index (χ2v) is 7.05. The summed E-state index contributed by atoms with van der Waals surface area (Å²) >= 11 is 5.30. The molecule has 2 rings (SSSR count). The highest BCUT2D eigenvalue weighted by molar-refractivity contribution is 7.80. The fourth-order valence-electron chi connectivity index (χ4n) is 3.43. The molecule has 0 saturated heterocycles. The molecule has 0 radical (unpaired) electrons. The monoisotopic (exact) mass is 348 g/mol. The Morgan fingerprint density at radius 3 is 2.62 bits per heavy atom.